The second-order valence-corrected chi connectivity index (χ2v) is 13.8. The zero-order chi connectivity index (χ0) is 36.7. The number of aliphatic carboxylic acids is 1. The molecule has 2 bridgehead atoms. The Morgan fingerprint density at radius 3 is 2.02 bits per heavy atom. The average molecular weight is 694 g/mol. The molecule has 266 valence electrons. The van der Waals surface area contributed by atoms with Gasteiger partial charge in [0.1, 0.15) is 23.6 Å². The first-order valence-electron chi connectivity index (χ1n) is 16.8. The van der Waals surface area contributed by atoms with Crippen LogP contribution in [-0.2, 0) is 38.4 Å². The molecule has 2 heterocycles. The predicted molar refractivity (Wildman–Crippen MR) is 192 cm³/mol. The molecule has 11 heteroatoms. The number of phenols is 1. The quantitative estimate of drug-likeness (QED) is 0.197. The summed E-state index contributed by atoms with van der Waals surface area (Å²) in [5, 5.41) is 25.4. The van der Waals surface area contributed by atoms with E-state index in [2.05, 4.69) is 10.6 Å². The van der Waals surface area contributed by atoms with Crippen molar-refractivity contribution in [2.24, 2.45) is 0 Å². The van der Waals surface area contributed by atoms with Crippen molar-refractivity contribution in [3.05, 3.63) is 131 Å². The SMILES string of the molecule is CN(C(=O)[C@H](Cc1ccc(O)cc1)[N+](C)(C)C)[C@@H]1C(=O)N[C@@H](Cc2ccccc2)C(=O)N[C@H](C(=O)O)Cc2ccc(cc2)O[C@@H]1c1ccccc1. The Hall–Kier alpha value is -5.68. The largest absolute Gasteiger partial charge is 0.508 e. The lowest BCUT2D eigenvalue weighted by molar-refractivity contribution is -0.886. The van der Waals surface area contributed by atoms with Crippen LogP contribution in [0.15, 0.2) is 109 Å². The number of carboxylic acids is 1. The van der Waals surface area contributed by atoms with Gasteiger partial charge in [-0.05, 0) is 46.5 Å². The molecule has 11 nitrogen and oxygen atoms in total. The number of aromatic hydroxyl groups is 1. The molecule has 4 N–H and O–H groups in total. The second kappa shape index (κ2) is 15.9. The zero-order valence-electron chi connectivity index (χ0n) is 29.2. The number of carboxylic acid groups (broad SMARTS) is 1. The van der Waals surface area contributed by atoms with Crippen LogP contribution in [0, 0.1) is 0 Å². The summed E-state index contributed by atoms with van der Waals surface area (Å²) in [7, 11) is 7.26. The molecule has 0 fully saturated rings. The van der Waals surface area contributed by atoms with Gasteiger partial charge in [-0.1, -0.05) is 84.9 Å². The number of rotatable bonds is 9. The van der Waals surface area contributed by atoms with Crippen LogP contribution < -0.4 is 15.4 Å². The van der Waals surface area contributed by atoms with Crippen molar-refractivity contribution in [3.8, 4) is 11.5 Å². The maximum Gasteiger partial charge on any atom is 0.326 e. The molecule has 2 aliphatic rings. The van der Waals surface area contributed by atoms with Crippen molar-refractivity contribution in [2.45, 2.75) is 49.5 Å². The maximum absolute atomic E-state index is 14.8. The number of benzene rings is 4. The molecular weight excluding hydrogens is 648 g/mol. The lowest BCUT2D eigenvalue weighted by atomic mass is 9.96. The minimum Gasteiger partial charge on any atom is -0.508 e. The molecular formula is C40H45N4O7+. The van der Waals surface area contributed by atoms with E-state index in [4.69, 9.17) is 4.74 Å². The van der Waals surface area contributed by atoms with Gasteiger partial charge in [0.2, 0.25) is 11.8 Å². The first-order chi connectivity index (χ1) is 24.3. The van der Waals surface area contributed by atoms with E-state index in [1.807, 2.05) is 81.8 Å². The third kappa shape index (κ3) is 9.31. The number of phenolic OH excluding ortho intramolecular Hbond substituents is 1. The number of carbonyl (C=O) groups excluding carboxylic acids is 3. The number of nitrogens with one attached hydrogen (secondary N) is 2. The maximum atomic E-state index is 14.8. The normalized spacial score (nSPS) is 20.2. The Labute approximate surface area is 298 Å². The van der Waals surface area contributed by atoms with Gasteiger partial charge < -0.3 is 35.0 Å². The summed E-state index contributed by atoms with van der Waals surface area (Å²) >= 11 is 0. The molecule has 0 aliphatic carbocycles. The van der Waals surface area contributed by atoms with Crippen LogP contribution in [0.4, 0.5) is 0 Å². The highest BCUT2D eigenvalue weighted by Gasteiger charge is 2.44. The number of fused-ring (bicyclic) bond motifs is 11. The summed E-state index contributed by atoms with van der Waals surface area (Å²) < 4.78 is 6.83. The Morgan fingerprint density at radius 2 is 1.43 bits per heavy atom. The summed E-state index contributed by atoms with van der Waals surface area (Å²) in [6, 6.07) is 27.3. The lowest BCUT2D eigenvalue weighted by Gasteiger charge is -2.40. The molecule has 6 rings (SSSR count). The Balaban J connectivity index is 1.62. The molecule has 51 heavy (non-hydrogen) atoms. The average Bonchev–Trinajstić information content (AvgIpc) is 3.10. The van der Waals surface area contributed by atoms with Crippen LogP contribution in [0.3, 0.4) is 0 Å². The van der Waals surface area contributed by atoms with Crippen LogP contribution in [0.2, 0.25) is 0 Å². The fraction of sp³-hybridized carbons (Fsp3) is 0.300. The van der Waals surface area contributed by atoms with Gasteiger partial charge in [0.15, 0.2) is 18.2 Å². The third-order valence-corrected chi connectivity index (χ3v) is 9.19. The van der Waals surface area contributed by atoms with Crippen molar-refractivity contribution in [1.29, 1.82) is 0 Å². The van der Waals surface area contributed by atoms with Crippen LogP contribution in [0.25, 0.3) is 0 Å². The monoisotopic (exact) mass is 693 g/mol. The molecule has 0 saturated heterocycles. The van der Waals surface area contributed by atoms with Gasteiger partial charge in [0.05, 0.1) is 21.1 Å². The fourth-order valence-electron chi connectivity index (χ4n) is 6.27. The third-order valence-electron chi connectivity index (χ3n) is 9.19. The van der Waals surface area contributed by atoms with E-state index in [0.717, 1.165) is 11.1 Å². The lowest BCUT2D eigenvalue weighted by Crippen LogP contribution is -2.62. The van der Waals surface area contributed by atoms with Gasteiger partial charge in [0.25, 0.3) is 5.91 Å². The molecule has 2 aliphatic heterocycles. The molecule has 0 aromatic heterocycles. The fourth-order valence-corrected chi connectivity index (χ4v) is 6.27. The topological polar surface area (TPSA) is 145 Å². The van der Waals surface area contributed by atoms with Crippen molar-refractivity contribution < 1.29 is 38.6 Å². The van der Waals surface area contributed by atoms with E-state index >= 15 is 0 Å². The van der Waals surface area contributed by atoms with Crippen LogP contribution >= 0.6 is 0 Å². The Bertz CT molecular complexity index is 1810. The number of hydrogen-bond acceptors (Lipinski definition) is 6. The van der Waals surface area contributed by atoms with Gasteiger partial charge >= 0.3 is 5.97 Å². The highest BCUT2D eigenvalue weighted by molar-refractivity contribution is 5.94. The number of nitrogens with zero attached hydrogens (tertiary/aromatic N) is 2. The standard InChI is InChI=1S/C40H44N4O7/c1-43(39(48)34(44(2,3)4)25-28-15-19-30(45)20-16-28)35-36(29-13-9-6-10-14-29)51-31-21-17-27(18-22-31)24-33(40(49)50)42-37(46)32(41-38(35)47)23-26-11-7-5-8-12-26/h5-22,32-36H,23-25H2,1-4H3,(H3-,41,42,45,46,47,49,50)/p+1/t32-,33-,34-,35-,36+/m0/s1. The summed E-state index contributed by atoms with van der Waals surface area (Å²) in [5.41, 5.74) is 2.86. The molecule has 0 saturated carbocycles. The van der Waals surface area contributed by atoms with Gasteiger partial charge in [-0.25, -0.2) is 4.79 Å². The molecule has 5 atom stereocenters. The van der Waals surface area contributed by atoms with Crippen LogP contribution in [-0.4, -0.2) is 95.6 Å². The van der Waals surface area contributed by atoms with E-state index in [-0.39, 0.29) is 29.0 Å². The first kappa shape index (κ1) is 36.6. The van der Waals surface area contributed by atoms with Gasteiger partial charge in [0, 0.05) is 26.3 Å². The van der Waals surface area contributed by atoms with Crippen molar-refractivity contribution >= 4 is 23.7 Å². The molecule has 4 aromatic carbocycles. The molecule has 4 aromatic rings. The predicted octanol–water partition coefficient (Wildman–Crippen LogP) is 3.51. The Morgan fingerprint density at radius 1 is 0.824 bits per heavy atom. The zero-order valence-corrected chi connectivity index (χ0v) is 29.2. The molecule has 0 unspecified atom stereocenters. The number of likely N-dealkylation sites (N-methyl/N-ethyl adjacent to an activating group) is 2. The van der Waals surface area contributed by atoms with Gasteiger partial charge in [-0.2, -0.15) is 0 Å². The number of amides is 3. The smallest absolute Gasteiger partial charge is 0.326 e. The summed E-state index contributed by atoms with van der Waals surface area (Å²) in [5.74, 6) is -2.36. The number of carbonyl (C=O) groups is 4. The number of hydrogen-bond donors (Lipinski definition) is 4. The Kier molecular flexibility index (Phi) is 11.4. The second-order valence-electron chi connectivity index (χ2n) is 13.8. The minimum atomic E-state index is -1.28. The van der Waals surface area contributed by atoms with Crippen molar-refractivity contribution in [2.75, 3.05) is 28.2 Å². The summed E-state index contributed by atoms with van der Waals surface area (Å²) in [6.45, 7) is 0. The molecule has 3 amide bonds. The molecule has 0 spiro atoms. The van der Waals surface area contributed by atoms with Crippen LogP contribution in [0.1, 0.15) is 28.4 Å². The van der Waals surface area contributed by atoms with Crippen LogP contribution in [0.5, 0.6) is 11.5 Å². The van der Waals surface area contributed by atoms with E-state index in [1.165, 1.54) is 4.90 Å². The van der Waals surface area contributed by atoms with E-state index in [0.29, 0.717) is 23.3 Å². The van der Waals surface area contributed by atoms with Crippen molar-refractivity contribution in [3.63, 3.8) is 0 Å². The van der Waals surface area contributed by atoms with Gasteiger partial charge in [-0.15, -0.1) is 0 Å². The highest BCUT2D eigenvalue weighted by Crippen LogP contribution is 2.30. The highest BCUT2D eigenvalue weighted by atomic mass is 16.5. The van der Waals surface area contributed by atoms with Crippen molar-refractivity contribution in [1.82, 2.24) is 15.5 Å². The van der Waals surface area contributed by atoms with Gasteiger partial charge in [-0.3, -0.25) is 14.4 Å². The summed E-state index contributed by atoms with van der Waals surface area (Å²) in [4.78, 5) is 57.1. The minimum absolute atomic E-state index is 0.0167. The number of ether oxygens (including phenoxy) is 1. The number of quaternary nitrogens is 1. The molecule has 0 radical (unpaired) electrons. The van der Waals surface area contributed by atoms with E-state index < -0.39 is 48.1 Å². The summed E-state index contributed by atoms with van der Waals surface area (Å²) in [6.07, 6.45) is -0.608. The van der Waals surface area contributed by atoms with E-state index in [1.54, 1.807) is 55.6 Å². The first-order valence-corrected chi connectivity index (χ1v) is 16.8. The van der Waals surface area contributed by atoms with E-state index in [9.17, 15) is 29.4 Å².